The normalized spacial score (nSPS) is 33.4. The Bertz CT molecular complexity index is 1730. The smallest absolute Gasteiger partial charge is 0.478 e. The van der Waals surface area contributed by atoms with Crippen molar-refractivity contribution < 1.29 is 90.7 Å². The van der Waals surface area contributed by atoms with Crippen LogP contribution in [0.4, 0.5) is 5.82 Å². The number of nitrogens with two attached hydrogens (primary N) is 1. The van der Waals surface area contributed by atoms with Crippen LogP contribution in [0.3, 0.4) is 0 Å². The molecule has 0 aromatic carbocycles. The van der Waals surface area contributed by atoms with E-state index in [1.165, 1.54) is 18.4 Å². The number of carboxylic acid groups (broad SMARTS) is 1. The van der Waals surface area contributed by atoms with Gasteiger partial charge < -0.3 is 59.7 Å². The first-order valence-corrected chi connectivity index (χ1v) is 18.0. The molecule has 0 spiro atoms. The molecule has 5 rings (SSSR count). The molecular formula is C21H29N6O18P3. The number of nitrogens with one attached hydrogen (secondary N) is 1. The molecule has 266 valence electrons. The SMILES string of the molecule is Nc1ncnc2c1ncn2C1OC(COP(=O)(O)OP(=O)([O-])OCC2OC([NH+]3C=C(C(=O)O)C=CC3)C(O)C2O)C(O)C1OP(=O)(O)O. The molecule has 2 aromatic rings. The van der Waals surface area contributed by atoms with Gasteiger partial charge in [0.15, 0.2) is 23.8 Å². The molecule has 27 heteroatoms. The number of fused-ring (bicyclic) bond motifs is 1. The lowest BCUT2D eigenvalue weighted by Crippen LogP contribution is -3.13. The Balaban J connectivity index is 1.20. The average molecular weight is 746 g/mol. The fraction of sp³-hybridized carbons (Fsp3) is 0.524. The number of quaternary nitrogens is 1. The molecule has 0 saturated carbocycles. The van der Waals surface area contributed by atoms with E-state index in [1.54, 1.807) is 0 Å². The summed E-state index contributed by atoms with van der Waals surface area (Å²) in [6.07, 6.45) is -7.03. The van der Waals surface area contributed by atoms with E-state index in [0.717, 1.165) is 17.2 Å². The maximum Gasteiger partial charge on any atom is 0.478 e. The molecular weight excluding hydrogens is 717 g/mol. The number of anilines is 1. The van der Waals surface area contributed by atoms with Crippen molar-refractivity contribution in [3.05, 3.63) is 36.6 Å². The highest BCUT2D eigenvalue weighted by Crippen LogP contribution is 2.58. The zero-order valence-corrected chi connectivity index (χ0v) is 26.6. The quantitative estimate of drug-likeness (QED) is 0.0874. The second kappa shape index (κ2) is 14.0. The second-order valence-corrected chi connectivity index (χ2v) is 14.6. The number of rotatable bonds is 13. The summed E-state index contributed by atoms with van der Waals surface area (Å²) in [5, 5.41) is 40.7. The van der Waals surface area contributed by atoms with Crippen molar-refractivity contribution in [1.29, 1.82) is 0 Å². The number of aliphatic hydroxyl groups excluding tert-OH is 3. The largest absolute Gasteiger partial charge is 0.756 e. The number of aromatic nitrogens is 4. The number of carbonyl (C=O) groups is 1. The molecule has 24 nitrogen and oxygen atoms in total. The Morgan fingerprint density at radius 1 is 1.04 bits per heavy atom. The Morgan fingerprint density at radius 3 is 2.42 bits per heavy atom. The first kappa shape index (κ1) is 36.7. The van der Waals surface area contributed by atoms with Crippen LogP contribution in [0.5, 0.6) is 0 Å². The maximum atomic E-state index is 12.5. The van der Waals surface area contributed by atoms with Gasteiger partial charge in [-0.1, -0.05) is 0 Å². The van der Waals surface area contributed by atoms with Crippen LogP contribution in [0.1, 0.15) is 6.23 Å². The first-order chi connectivity index (χ1) is 22.4. The predicted octanol–water partition coefficient (Wildman–Crippen LogP) is -4.37. The molecule has 5 heterocycles. The Hall–Kier alpha value is -2.57. The van der Waals surface area contributed by atoms with Gasteiger partial charge in [0.2, 0.25) is 6.23 Å². The molecule has 2 aromatic heterocycles. The maximum absolute atomic E-state index is 12.5. The topological polar surface area (TPSA) is 362 Å². The van der Waals surface area contributed by atoms with E-state index in [4.69, 9.17) is 15.2 Å². The van der Waals surface area contributed by atoms with Gasteiger partial charge in [0.05, 0.1) is 19.5 Å². The number of nitrogen functional groups attached to an aromatic ring is 1. The van der Waals surface area contributed by atoms with Crippen LogP contribution < -0.4 is 15.5 Å². The van der Waals surface area contributed by atoms with Crippen molar-refractivity contribution in [2.24, 2.45) is 0 Å². The lowest BCUT2D eigenvalue weighted by atomic mass is 10.1. The van der Waals surface area contributed by atoms with Gasteiger partial charge in [-0.25, -0.2) is 33.2 Å². The summed E-state index contributed by atoms with van der Waals surface area (Å²) < 4.78 is 66.7. The predicted molar refractivity (Wildman–Crippen MR) is 148 cm³/mol. The van der Waals surface area contributed by atoms with Crippen molar-refractivity contribution >= 4 is 46.4 Å². The fourth-order valence-electron chi connectivity index (χ4n) is 5.07. The first-order valence-electron chi connectivity index (χ1n) is 13.5. The Morgan fingerprint density at radius 2 is 1.73 bits per heavy atom. The van der Waals surface area contributed by atoms with Gasteiger partial charge in [0, 0.05) is 0 Å². The lowest BCUT2D eigenvalue weighted by Gasteiger charge is -2.27. The summed E-state index contributed by atoms with van der Waals surface area (Å²) in [5.41, 5.74) is 5.67. The minimum atomic E-state index is -5.73. The molecule has 0 radical (unpaired) electrons. The van der Waals surface area contributed by atoms with E-state index in [9.17, 15) is 58.5 Å². The minimum Gasteiger partial charge on any atom is -0.756 e. The number of hydrogen-bond donors (Lipinski definition) is 9. The van der Waals surface area contributed by atoms with Crippen molar-refractivity contribution in [1.82, 2.24) is 19.5 Å². The second-order valence-electron chi connectivity index (χ2n) is 10.5. The molecule has 0 aliphatic carbocycles. The van der Waals surface area contributed by atoms with Gasteiger partial charge in [0.1, 0.15) is 60.7 Å². The lowest BCUT2D eigenvalue weighted by molar-refractivity contribution is -0.897. The van der Waals surface area contributed by atoms with Gasteiger partial charge in [-0.3, -0.25) is 23.1 Å². The van der Waals surface area contributed by atoms with Crippen molar-refractivity contribution in [2.75, 3.05) is 25.5 Å². The van der Waals surface area contributed by atoms with Crippen LogP contribution in [-0.4, -0.2) is 123 Å². The monoisotopic (exact) mass is 746 g/mol. The summed E-state index contributed by atoms with van der Waals surface area (Å²) in [7, 11) is -16.6. The molecule has 2 saturated heterocycles. The van der Waals surface area contributed by atoms with Crippen molar-refractivity contribution in [3.63, 3.8) is 0 Å². The molecule has 11 unspecified atom stereocenters. The molecule has 3 aliphatic rings. The number of imidazole rings is 1. The third-order valence-corrected chi connectivity index (χ3v) is 10.3. The summed E-state index contributed by atoms with van der Waals surface area (Å²) in [5.74, 6) is -1.32. The number of phosphoric acid groups is 3. The van der Waals surface area contributed by atoms with Gasteiger partial charge in [-0.05, 0) is 12.2 Å². The highest BCUT2D eigenvalue weighted by Gasteiger charge is 2.51. The van der Waals surface area contributed by atoms with E-state index in [2.05, 4.69) is 32.8 Å². The molecule has 0 amide bonds. The van der Waals surface area contributed by atoms with Crippen molar-refractivity contribution in [3.8, 4) is 0 Å². The molecule has 2 fully saturated rings. The van der Waals surface area contributed by atoms with Gasteiger partial charge in [0.25, 0.3) is 7.82 Å². The third kappa shape index (κ3) is 8.24. The average Bonchev–Trinajstić information content (AvgIpc) is 3.64. The van der Waals surface area contributed by atoms with Crippen molar-refractivity contribution in [2.45, 2.75) is 49.1 Å². The summed E-state index contributed by atoms with van der Waals surface area (Å²) >= 11 is 0. The molecule has 48 heavy (non-hydrogen) atoms. The van der Waals surface area contributed by atoms with E-state index in [0.29, 0.717) is 0 Å². The van der Waals surface area contributed by atoms with Crippen LogP contribution >= 0.6 is 23.5 Å². The van der Waals surface area contributed by atoms with E-state index >= 15 is 0 Å². The van der Waals surface area contributed by atoms with Crippen LogP contribution in [0, 0.1) is 0 Å². The highest BCUT2D eigenvalue weighted by molar-refractivity contribution is 7.60. The van der Waals surface area contributed by atoms with E-state index in [1.807, 2.05) is 0 Å². The molecule has 10 N–H and O–H groups in total. The number of ether oxygens (including phenoxy) is 2. The van der Waals surface area contributed by atoms with E-state index in [-0.39, 0.29) is 34.0 Å². The van der Waals surface area contributed by atoms with Gasteiger partial charge in [-0.15, -0.1) is 0 Å². The Kier molecular flexibility index (Phi) is 10.7. The minimum absolute atomic E-state index is 0.00738. The highest BCUT2D eigenvalue weighted by atomic mass is 31.3. The molecule has 0 bridgehead atoms. The number of nitrogens with zero attached hydrogens (tertiary/aromatic N) is 4. The molecule has 3 aliphatic heterocycles. The Labute approximate surface area is 268 Å². The zero-order valence-electron chi connectivity index (χ0n) is 24.0. The summed E-state index contributed by atoms with van der Waals surface area (Å²) in [6, 6.07) is 0. The standard InChI is InChI=1S/C21H29N6O18P3/c22-17-12-18(24-7-23-17)27(8-25-12)20-16(44-46(33,34)35)14(29)11(43-20)6-41-48(38,39)45-47(36,37)40-5-10-13(28)15(30)19(42-10)26-3-1-2-9(4-26)21(31)32/h1-2,4,7-8,10-11,13-16,19-20,28-30H,3,5-6H2,(H,31,32)(H,36,37)(H,38,39)(H2,22,23,24)(H2,33,34,35). The number of aliphatic hydroxyl groups is 3. The van der Waals surface area contributed by atoms with Gasteiger partial charge in [-0.2, -0.15) is 0 Å². The number of hydrogen-bond acceptors (Lipinski definition) is 18. The van der Waals surface area contributed by atoms with Gasteiger partial charge >= 0.3 is 21.6 Å². The summed E-state index contributed by atoms with van der Waals surface area (Å²) in [4.78, 5) is 64.5. The number of carboxylic acids is 1. The summed E-state index contributed by atoms with van der Waals surface area (Å²) in [6.45, 7) is -1.97. The van der Waals surface area contributed by atoms with Crippen LogP contribution in [0.2, 0.25) is 0 Å². The fourth-order valence-corrected chi connectivity index (χ4v) is 7.67. The third-order valence-electron chi connectivity index (χ3n) is 7.20. The molecule has 11 atom stereocenters. The van der Waals surface area contributed by atoms with Crippen LogP contribution in [-0.2, 0) is 45.8 Å². The zero-order chi connectivity index (χ0) is 35.2. The van der Waals surface area contributed by atoms with E-state index < -0.39 is 91.7 Å². The number of phosphoric ester groups is 3. The van der Waals surface area contributed by atoms with Crippen LogP contribution in [0.15, 0.2) is 36.6 Å². The van der Waals surface area contributed by atoms with Crippen LogP contribution in [0.25, 0.3) is 11.2 Å². The number of aliphatic carboxylic acids is 1.